The van der Waals surface area contributed by atoms with Gasteiger partial charge in [-0.2, -0.15) is 5.10 Å². The van der Waals surface area contributed by atoms with E-state index in [2.05, 4.69) is 0 Å². The normalized spacial score (nSPS) is 18.0. The molecule has 0 bridgehead atoms. The third kappa shape index (κ3) is 6.72. The van der Waals surface area contributed by atoms with Crippen molar-refractivity contribution in [2.75, 3.05) is 25.6 Å². The third-order valence-electron chi connectivity index (χ3n) is 6.37. The van der Waals surface area contributed by atoms with Crippen molar-refractivity contribution in [3.8, 4) is 22.4 Å². The zero-order valence-electron chi connectivity index (χ0n) is 19.6. The quantitative estimate of drug-likeness (QED) is 0.347. The van der Waals surface area contributed by atoms with Crippen LogP contribution in [0.3, 0.4) is 0 Å². The molecule has 0 aliphatic heterocycles. The summed E-state index contributed by atoms with van der Waals surface area (Å²) in [4.78, 5) is 10.7. The first-order chi connectivity index (χ1) is 17.0. The number of hydrogen-bond donors (Lipinski definition) is 2. The van der Waals surface area contributed by atoms with E-state index in [0.717, 1.165) is 59.6 Å². The number of aromatic nitrogens is 2. The molecular weight excluding hydrogens is 467 g/mol. The Morgan fingerprint density at radius 3 is 2.46 bits per heavy atom. The molecule has 1 aromatic heterocycles. The minimum absolute atomic E-state index is 0.0422. The number of hydrogen-bond acceptors (Lipinski definition) is 5. The number of carboxylic acids is 1. The minimum Gasteiger partial charge on any atom is -0.480 e. The molecule has 186 valence electrons. The van der Waals surface area contributed by atoms with Gasteiger partial charge in [-0.05, 0) is 55.2 Å². The monoisotopic (exact) mass is 498 g/mol. The molecule has 2 N–H and O–H groups in total. The number of ether oxygens (including phenoxy) is 1. The molecule has 1 fully saturated rings. The first-order valence-corrected chi connectivity index (χ1v) is 13.0. The maximum absolute atomic E-state index is 14.2. The van der Waals surface area contributed by atoms with E-state index in [1.54, 1.807) is 23.9 Å². The molecule has 4 rings (SSSR count). The van der Waals surface area contributed by atoms with Gasteiger partial charge in [-0.15, -0.1) is 11.8 Å². The van der Waals surface area contributed by atoms with E-state index in [4.69, 9.17) is 14.9 Å². The van der Waals surface area contributed by atoms with Crippen molar-refractivity contribution in [3.63, 3.8) is 0 Å². The van der Waals surface area contributed by atoms with Gasteiger partial charge in [-0.25, -0.2) is 9.18 Å². The van der Waals surface area contributed by atoms with Crippen LogP contribution in [0.2, 0.25) is 0 Å². The van der Waals surface area contributed by atoms with Crippen molar-refractivity contribution in [3.05, 3.63) is 60.4 Å². The van der Waals surface area contributed by atoms with Crippen LogP contribution in [-0.2, 0) is 16.1 Å². The van der Waals surface area contributed by atoms with E-state index in [9.17, 15) is 14.3 Å². The molecule has 1 aliphatic carbocycles. The van der Waals surface area contributed by atoms with Crippen LogP contribution in [-0.4, -0.2) is 51.5 Å². The number of benzene rings is 2. The minimum atomic E-state index is -0.936. The Labute approximate surface area is 209 Å². The van der Waals surface area contributed by atoms with Gasteiger partial charge in [0.1, 0.15) is 23.1 Å². The van der Waals surface area contributed by atoms with Gasteiger partial charge >= 0.3 is 5.97 Å². The molecule has 1 heterocycles. The molecule has 1 saturated carbocycles. The van der Waals surface area contributed by atoms with E-state index in [1.807, 2.05) is 41.1 Å². The number of aliphatic carboxylic acids is 1. The fourth-order valence-corrected chi connectivity index (χ4v) is 5.61. The second-order valence-corrected chi connectivity index (χ2v) is 10.0. The van der Waals surface area contributed by atoms with Crippen LogP contribution in [0.15, 0.2) is 59.6 Å². The Kier molecular flexibility index (Phi) is 8.95. The Morgan fingerprint density at radius 1 is 1.06 bits per heavy atom. The van der Waals surface area contributed by atoms with Gasteiger partial charge in [0, 0.05) is 23.4 Å². The number of thioether (sulfide) groups is 1. The second-order valence-electron chi connectivity index (χ2n) is 8.95. The topological polar surface area (TPSA) is 84.6 Å². The van der Waals surface area contributed by atoms with Crippen molar-refractivity contribution < 1.29 is 24.1 Å². The largest absolute Gasteiger partial charge is 0.480 e. The molecule has 3 aromatic rings. The van der Waals surface area contributed by atoms with Crippen molar-refractivity contribution in [2.24, 2.45) is 11.8 Å². The summed E-state index contributed by atoms with van der Waals surface area (Å²) in [6.45, 7) is 1.02. The van der Waals surface area contributed by atoms with Crippen molar-refractivity contribution in [1.82, 2.24) is 9.78 Å². The van der Waals surface area contributed by atoms with Crippen LogP contribution in [0.4, 0.5) is 4.39 Å². The summed E-state index contributed by atoms with van der Waals surface area (Å²) < 4.78 is 21.5. The fourth-order valence-electron chi connectivity index (χ4n) is 4.70. The number of carbonyl (C=O) groups is 1. The molecule has 0 radical (unpaired) electrons. The van der Waals surface area contributed by atoms with Crippen molar-refractivity contribution in [2.45, 2.75) is 37.3 Å². The van der Waals surface area contributed by atoms with Crippen LogP contribution in [0.25, 0.3) is 22.4 Å². The molecule has 1 aliphatic rings. The van der Waals surface area contributed by atoms with Crippen molar-refractivity contribution in [1.29, 1.82) is 0 Å². The second kappa shape index (κ2) is 12.3. The lowest BCUT2D eigenvalue weighted by atomic mass is 9.82. The fraction of sp³-hybridized carbons (Fsp3) is 0.407. The summed E-state index contributed by atoms with van der Waals surface area (Å²) in [6, 6.07) is 16.5. The highest BCUT2D eigenvalue weighted by Gasteiger charge is 2.26. The van der Waals surface area contributed by atoms with E-state index in [1.165, 1.54) is 6.07 Å². The number of nitrogens with zero attached hydrogens (tertiary/aromatic N) is 2. The Bertz CT molecular complexity index is 1110. The first kappa shape index (κ1) is 25.4. The highest BCUT2D eigenvalue weighted by molar-refractivity contribution is 7.99. The van der Waals surface area contributed by atoms with Gasteiger partial charge in [0.25, 0.3) is 0 Å². The molecule has 6 nitrogen and oxygen atoms in total. The van der Waals surface area contributed by atoms with Crippen LogP contribution >= 0.6 is 11.8 Å². The molecule has 0 atom stereocenters. The number of aliphatic hydroxyl groups is 1. The summed E-state index contributed by atoms with van der Waals surface area (Å²) in [5.41, 5.74) is 3.45. The lowest BCUT2D eigenvalue weighted by molar-refractivity contribution is -0.142. The molecule has 2 aromatic carbocycles. The Balaban J connectivity index is 1.60. The van der Waals surface area contributed by atoms with Crippen LogP contribution in [0.1, 0.15) is 25.7 Å². The highest BCUT2D eigenvalue weighted by Crippen LogP contribution is 2.41. The van der Waals surface area contributed by atoms with Gasteiger partial charge in [0.05, 0.1) is 13.2 Å². The average molecular weight is 499 g/mol. The molecular formula is C27H31FN2O4S. The molecule has 0 amide bonds. The molecule has 0 saturated heterocycles. The van der Waals surface area contributed by atoms with Gasteiger partial charge < -0.3 is 14.9 Å². The van der Waals surface area contributed by atoms with E-state index in [-0.39, 0.29) is 19.0 Å². The number of halogens is 1. The maximum Gasteiger partial charge on any atom is 0.329 e. The third-order valence-corrected chi connectivity index (χ3v) is 7.45. The van der Waals surface area contributed by atoms with Crippen LogP contribution < -0.4 is 0 Å². The molecule has 8 heteroatoms. The predicted octanol–water partition coefficient (Wildman–Crippen LogP) is 5.35. The summed E-state index contributed by atoms with van der Waals surface area (Å²) >= 11 is 1.55. The zero-order valence-corrected chi connectivity index (χ0v) is 20.4. The smallest absolute Gasteiger partial charge is 0.329 e. The van der Waals surface area contributed by atoms with Gasteiger partial charge in [-0.3, -0.25) is 4.68 Å². The van der Waals surface area contributed by atoms with E-state index in [0.29, 0.717) is 24.2 Å². The summed E-state index contributed by atoms with van der Waals surface area (Å²) in [6.07, 6.45) is 4.02. The Morgan fingerprint density at radius 2 is 1.77 bits per heavy atom. The Hall–Kier alpha value is -2.68. The lowest BCUT2D eigenvalue weighted by Gasteiger charge is -2.28. The number of rotatable bonds is 11. The van der Waals surface area contributed by atoms with E-state index >= 15 is 0 Å². The van der Waals surface area contributed by atoms with Crippen LogP contribution in [0.5, 0.6) is 0 Å². The average Bonchev–Trinajstić information content (AvgIpc) is 3.22. The summed E-state index contributed by atoms with van der Waals surface area (Å²) in [5, 5.41) is 24.3. The number of aliphatic hydroxyl groups excluding tert-OH is 1. The SMILES string of the molecule is O=C(O)COC[C@H]1CC[C@@H](Cn2nc(-c3ccccc3)c(-c3cccc(F)c3)c2SCCO)CC1. The first-order valence-electron chi connectivity index (χ1n) is 12.0. The highest BCUT2D eigenvalue weighted by atomic mass is 32.2. The molecule has 0 unspecified atom stereocenters. The predicted molar refractivity (Wildman–Crippen MR) is 135 cm³/mol. The summed E-state index contributed by atoms with van der Waals surface area (Å²) in [5.74, 6) is 0.109. The van der Waals surface area contributed by atoms with Gasteiger partial charge in [0.15, 0.2) is 0 Å². The van der Waals surface area contributed by atoms with Gasteiger partial charge in [-0.1, -0.05) is 42.5 Å². The standard InChI is InChI=1S/C27H31FN2O4S/c28-23-8-4-7-22(15-23)25-26(21-5-2-1-3-6-21)29-30(27(25)35-14-13-31)16-19-9-11-20(12-10-19)17-34-18-24(32)33/h1-8,15,19-20,31H,9-14,16-18H2,(H,32,33)/t19-,20+. The lowest BCUT2D eigenvalue weighted by Crippen LogP contribution is -2.23. The number of carboxylic acid groups (broad SMARTS) is 1. The maximum atomic E-state index is 14.2. The molecule has 35 heavy (non-hydrogen) atoms. The van der Waals surface area contributed by atoms with Crippen LogP contribution in [0, 0.1) is 17.7 Å². The van der Waals surface area contributed by atoms with Crippen molar-refractivity contribution >= 4 is 17.7 Å². The zero-order chi connectivity index (χ0) is 24.6. The van der Waals surface area contributed by atoms with Gasteiger partial charge in [0.2, 0.25) is 0 Å². The molecule has 0 spiro atoms. The summed E-state index contributed by atoms with van der Waals surface area (Å²) in [7, 11) is 0. The van der Waals surface area contributed by atoms with E-state index < -0.39 is 5.97 Å².